The summed E-state index contributed by atoms with van der Waals surface area (Å²) in [6.07, 6.45) is 31.8. The van der Waals surface area contributed by atoms with Crippen LogP contribution in [0.3, 0.4) is 0 Å². The Morgan fingerprint density at radius 2 is 1.13 bits per heavy atom. The maximum absolute atomic E-state index is 12.9. The maximum atomic E-state index is 12.9. The van der Waals surface area contributed by atoms with Crippen molar-refractivity contribution in [3.05, 3.63) is 24.3 Å². The standard InChI is InChI=1S/C43H81NO8/c1-3-5-7-9-11-13-15-16-17-18-19-20-21-23-25-27-29-31-33-39(47)44-36(35-51-43-42(50)41(49)40(48)38(34-45)52-43)37(46)32-30-28-26-24-22-14-12-10-8-6-4-2/h13,15,17-18,36-38,40-43,45-46,48-50H,3-12,14,16,19-35H2,1-2H3,(H,44,47)/b15-13-,18-17-. The molecule has 1 heterocycles. The van der Waals surface area contributed by atoms with Crippen molar-refractivity contribution in [1.82, 2.24) is 5.32 Å². The van der Waals surface area contributed by atoms with E-state index in [1.54, 1.807) is 0 Å². The number of amides is 1. The van der Waals surface area contributed by atoms with Gasteiger partial charge in [0.15, 0.2) is 6.29 Å². The Morgan fingerprint density at radius 3 is 1.67 bits per heavy atom. The van der Waals surface area contributed by atoms with Crippen molar-refractivity contribution in [2.45, 2.75) is 230 Å². The van der Waals surface area contributed by atoms with Crippen LogP contribution >= 0.6 is 0 Å². The van der Waals surface area contributed by atoms with E-state index in [9.17, 15) is 30.3 Å². The van der Waals surface area contributed by atoms with Crippen LogP contribution in [0.5, 0.6) is 0 Å². The van der Waals surface area contributed by atoms with Crippen LogP contribution in [0.1, 0.15) is 187 Å². The van der Waals surface area contributed by atoms with E-state index in [1.165, 1.54) is 109 Å². The van der Waals surface area contributed by atoms with E-state index < -0.39 is 49.5 Å². The van der Waals surface area contributed by atoms with Gasteiger partial charge in [0.05, 0.1) is 25.4 Å². The predicted octanol–water partition coefficient (Wildman–Crippen LogP) is 8.33. The van der Waals surface area contributed by atoms with Crippen molar-refractivity contribution in [3.63, 3.8) is 0 Å². The first-order valence-electron chi connectivity index (χ1n) is 21.5. The summed E-state index contributed by atoms with van der Waals surface area (Å²) in [6, 6.07) is -0.719. The summed E-state index contributed by atoms with van der Waals surface area (Å²) in [4.78, 5) is 12.9. The molecule has 1 rings (SSSR count). The average Bonchev–Trinajstić information content (AvgIpc) is 3.14. The molecular formula is C43H81NO8. The first-order valence-corrected chi connectivity index (χ1v) is 21.5. The number of aliphatic hydroxyl groups is 5. The largest absolute Gasteiger partial charge is 0.394 e. The van der Waals surface area contributed by atoms with Gasteiger partial charge in [-0.05, 0) is 44.9 Å². The Bertz CT molecular complexity index is 868. The summed E-state index contributed by atoms with van der Waals surface area (Å²) in [5.74, 6) is -0.154. The number of hydrogen-bond donors (Lipinski definition) is 6. The van der Waals surface area contributed by atoms with Gasteiger partial charge in [-0.15, -0.1) is 0 Å². The fourth-order valence-corrected chi connectivity index (χ4v) is 6.78. The molecule has 1 amide bonds. The van der Waals surface area contributed by atoms with Crippen LogP contribution < -0.4 is 5.32 Å². The second-order valence-corrected chi connectivity index (χ2v) is 15.1. The molecule has 1 fully saturated rings. The lowest BCUT2D eigenvalue weighted by atomic mass is 9.99. The van der Waals surface area contributed by atoms with Gasteiger partial charge in [0.1, 0.15) is 24.4 Å². The molecule has 0 aliphatic carbocycles. The number of ether oxygens (including phenoxy) is 2. The van der Waals surface area contributed by atoms with Crippen LogP contribution in [0.2, 0.25) is 0 Å². The number of unbranched alkanes of at least 4 members (excludes halogenated alkanes) is 21. The van der Waals surface area contributed by atoms with Crippen molar-refractivity contribution in [2.24, 2.45) is 0 Å². The number of carbonyl (C=O) groups is 1. The first-order chi connectivity index (χ1) is 25.3. The molecule has 1 saturated heterocycles. The number of rotatable bonds is 35. The van der Waals surface area contributed by atoms with Gasteiger partial charge >= 0.3 is 0 Å². The number of nitrogens with one attached hydrogen (secondary N) is 1. The van der Waals surface area contributed by atoms with Crippen LogP contribution in [0.25, 0.3) is 0 Å². The molecule has 0 bridgehead atoms. The minimum Gasteiger partial charge on any atom is -0.394 e. The van der Waals surface area contributed by atoms with Crippen LogP contribution in [0.4, 0.5) is 0 Å². The predicted molar refractivity (Wildman–Crippen MR) is 212 cm³/mol. The van der Waals surface area contributed by atoms with Crippen molar-refractivity contribution in [2.75, 3.05) is 13.2 Å². The molecule has 0 aromatic heterocycles. The Kier molecular flexibility index (Phi) is 32.0. The second-order valence-electron chi connectivity index (χ2n) is 15.1. The monoisotopic (exact) mass is 740 g/mol. The normalized spacial score (nSPS) is 22.0. The summed E-state index contributed by atoms with van der Waals surface area (Å²) >= 11 is 0. The minimum atomic E-state index is -1.55. The molecule has 0 radical (unpaired) electrons. The van der Waals surface area contributed by atoms with Gasteiger partial charge in [0, 0.05) is 6.42 Å². The van der Waals surface area contributed by atoms with E-state index in [4.69, 9.17) is 9.47 Å². The van der Waals surface area contributed by atoms with Gasteiger partial charge in [0.25, 0.3) is 0 Å². The lowest BCUT2D eigenvalue weighted by molar-refractivity contribution is -0.302. The second kappa shape index (κ2) is 34.2. The van der Waals surface area contributed by atoms with Crippen LogP contribution in [-0.4, -0.2) is 87.5 Å². The molecule has 0 saturated carbocycles. The third-order valence-corrected chi connectivity index (χ3v) is 10.3. The van der Waals surface area contributed by atoms with Crippen molar-refractivity contribution < 1.29 is 39.8 Å². The van der Waals surface area contributed by atoms with E-state index in [-0.39, 0.29) is 12.5 Å². The lowest BCUT2D eigenvalue weighted by Crippen LogP contribution is -2.60. The zero-order chi connectivity index (χ0) is 38.1. The fourth-order valence-electron chi connectivity index (χ4n) is 6.78. The number of hydrogen-bond acceptors (Lipinski definition) is 8. The Labute approximate surface area is 318 Å². The highest BCUT2D eigenvalue weighted by Gasteiger charge is 2.44. The molecule has 6 N–H and O–H groups in total. The summed E-state index contributed by atoms with van der Waals surface area (Å²) < 4.78 is 11.2. The van der Waals surface area contributed by atoms with Crippen LogP contribution in [-0.2, 0) is 14.3 Å². The third-order valence-electron chi connectivity index (χ3n) is 10.3. The van der Waals surface area contributed by atoms with Crippen LogP contribution in [0.15, 0.2) is 24.3 Å². The zero-order valence-electron chi connectivity index (χ0n) is 33.3. The summed E-state index contributed by atoms with van der Waals surface area (Å²) in [6.45, 7) is 3.79. The van der Waals surface area contributed by atoms with Gasteiger partial charge in [-0.3, -0.25) is 4.79 Å². The molecule has 0 aromatic carbocycles. The topological polar surface area (TPSA) is 149 Å². The average molecular weight is 740 g/mol. The zero-order valence-corrected chi connectivity index (χ0v) is 33.3. The molecule has 52 heavy (non-hydrogen) atoms. The smallest absolute Gasteiger partial charge is 0.220 e. The summed E-state index contributed by atoms with van der Waals surface area (Å²) in [5, 5.41) is 54.2. The SMILES string of the molecule is CCCCCC/C=C\C/C=C\CCCCCCCCCC(=O)NC(COC1OC(CO)C(O)C(O)C1O)C(O)CCCCCCCCCCCCC. The van der Waals surface area contributed by atoms with Gasteiger partial charge in [-0.25, -0.2) is 0 Å². The van der Waals surface area contributed by atoms with E-state index in [1.807, 2.05) is 0 Å². The molecule has 1 aliphatic heterocycles. The minimum absolute atomic E-state index is 0.140. The maximum Gasteiger partial charge on any atom is 0.220 e. The highest BCUT2D eigenvalue weighted by atomic mass is 16.7. The molecule has 7 atom stereocenters. The van der Waals surface area contributed by atoms with E-state index >= 15 is 0 Å². The molecule has 0 spiro atoms. The third kappa shape index (κ3) is 24.9. The van der Waals surface area contributed by atoms with Crippen molar-refractivity contribution in [1.29, 1.82) is 0 Å². The molecule has 0 aromatic rings. The summed E-state index contributed by atoms with van der Waals surface area (Å²) in [5.41, 5.74) is 0. The number of carbonyl (C=O) groups excluding carboxylic acids is 1. The number of aliphatic hydroxyl groups excluding tert-OH is 5. The fraction of sp³-hybridized carbons (Fsp3) is 0.884. The molecule has 9 nitrogen and oxygen atoms in total. The number of allylic oxidation sites excluding steroid dienone is 4. The molecule has 9 heteroatoms. The quantitative estimate of drug-likeness (QED) is 0.0281. The van der Waals surface area contributed by atoms with Gasteiger partial charge in [0.2, 0.25) is 5.91 Å². The molecule has 306 valence electrons. The van der Waals surface area contributed by atoms with Gasteiger partial charge < -0.3 is 40.3 Å². The lowest BCUT2D eigenvalue weighted by Gasteiger charge is -2.40. The first kappa shape index (κ1) is 48.7. The van der Waals surface area contributed by atoms with Gasteiger partial charge in [-0.1, -0.05) is 160 Å². The van der Waals surface area contributed by atoms with E-state index in [0.29, 0.717) is 12.8 Å². The highest BCUT2D eigenvalue weighted by Crippen LogP contribution is 2.23. The van der Waals surface area contributed by atoms with Crippen molar-refractivity contribution >= 4 is 5.91 Å². The Hall–Kier alpha value is -1.33. The van der Waals surface area contributed by atoms with E-state index in [0.717, 1.165) is 51.4 Å². The highest BCUT2D eigenvalue weighted by molar-refractivity contribution is 5.76. The Balaban J connectivity index is 2.35. The van der Waals surface area contributed by atoms with Crippen LogP contribution in [0, 0.1) is 0 Å². The Morgan fingerprint density at radius 1 is 0.654 bits per heavy atom. The summed E-state index contributed by atoms with van der Waals surface area (Å²) in [7, 11) is 0. The van der Waals surface area contributed by atoms with E-state index in [2.05, 4.69) is 43.5 Å². The van der Waals surface area contributed by atoms with Gasteiger partial charge in [-0.2, -0.15) is 0 Å². The van der Waals surface area contributed by atoms with Crippen molar-refractivity contribution in [3.8, 4) is 0 Å². The molecule has 7 unspecified atom stereocenters. The molecule has 1 aliphatic rings. The molecular weight excluding hydrogens is 658 g/mol.